The molecule has 6 aromatic heterocycles. The molecule has 0 bridgehead atoms. The third-order valence-electron chi connectivity index (χ3n) is 6.32. The summed E-state index contributed by atoms with van der Waals surface area (Å²) in [7, 11) is 0. The van der Waals surface area contributed by atoms with E-state index in [0.717, 1.165) is 56.6 Å². The van der Waals surface area contributed by atoms with Gasteiger partial charge in [-0.15, -0.1) is 0 Å². The largest absolute Gasteiger partial charge is 0.298 e. The number of nitrogens with zero attached hydrogens (tertiary/aromatic N) is 6. The van der Waals surface area contributed by atoms with Gasteiger partial charge in [-0.2, -0.15) is 0 Å². The SMILES string of the molecule is c1ccc(-c2nc(-c3ccc(-c4nc(-c5ccccn5)n5ccccc45)cc3)c3ccccn23)nc1. The molecule has 0 atom stereocenters. The highest BCUT2D eigenvalue weighted by Crippen LogP contribution is 2.33. The van der Waals surface area contributed by atoms with Crippen LogP contribution < -0.4 is 0 Å². The van der Waals surface area contributed by atoms with Crippen LogP contribution in [0.1, 0.15) is 0 Å². The molecule has 0 radical (unpaired) electrons. The molecule has 6 nitrogen and oxygen atoms in total. The van der Waals surface area contributed by atoms with Crippen LogP contribution in [0.5, 0.6) is 0 Å². The number of pyridine rings is 4. The van der Waals surface area contributed by atoms with Gasteiger partial charge in [-0.05, 0) is 48.5 Å². The zero-order valence-electron chi connectivity index (χ0n) is 19.2. The minimum atomic E-state index is 0.824. The van der Waals surface area contributed by atoms with Gasteiger partial charge in [0.05, 0.1) is 22.4 Å². The Balaban J connectivity index is 1.34. The van der Waals surface area contributed by atoms with Crippen molar-refractivity contribution in [3.63, 3.8) is 0 Å². The highest BCUT2D eigenvalue weighted by Gasteiger charge is 2.17. The fourth-order valence-electron chi connectivity index (χ4n) is 4.64. The molecule has 0 spiro atoms. The zero-order chi connectivity index (χ0) is 23.9. The summed E-state index contributed by atoms with van der Waals surface area (Å²) in [6.07, 6.45) is 7.64. The molecule has 7 rings (SSSR count). The second kappa shape index (κ2) is 8.29. The topological polar surface area (TPSA) is 60.4 Å². The Morgan fingerprint density at radius 1 is 0.444 bits per heavy atom. The van der Waals surface area contributed by atoms with Crippen LogP contribution in [-0.4, -0.2) is 28.7 Å². The lowest BCUT2D eigenvalue weighted by atomic mass is 10.1. The molecule has 0 saturated carbocycles. The van der Waals surface area contributed by atoms with Gasteiger partial charge in [-0.25, -0.2) is 9.97 Å². The molecular formula is C30H20N6. The fraction of sp³-hybridized carbons (Fsp3) is 0. The number of hydrogen-bond acceptors (Lipinski definition) is 4. The number of hydrogen-bond donors (Lipinski definition) is 0. The van der Waals surface area contributed by atoms with Gasteiger partial charge in [-0.3, -0.25) is 18.8 Å². The molecule has 0 aliphatic heterocycles. The summed E-state index contributed by atoms with van der Waals surface area (Å²) >= 11 is 0. The third-order valence-corrected chi connectivity index (χ3v) is 6.32. The number of aromatic nitrogens is 6. The molecular weight excluding hydrogens is 444 g/mol. The highest BCUT2D eigenvalue weighted by molar-refractivity contribution is 5.85. The van der Waals surface area contributed by atoms with Crippen molar-refractivity contribution in [2.45, 2.75) is 0 Å². The van der Waals surface area contributed by atoms with Crippen LogP contribution in [0.4, 0.5) is 0 Å². The maximum Gasteiger partial charge on any atom is 0.163 e. The monoisotopic (exact) mass is 464 g/mol. The van der Waals surface area contributed by atoms with Gasteiger partial charge in [0, 0.05) is 35.9 Å². The first-order valence-corrected chi connectivity index (χ1v) is 11.7. The van der Waals surface area contributed by atoms with Crippen molar-refractivity contribution in [3.05, 3.63) is 122 Å². The molecule has 0 saturated heterocycles. The van der Waals surface area contributed by atoms with Crippen molar-refractivity contribution in [3.8, 4) is 45.6 Å². The van der Waals surface area contributed by atoms with Crippen molar-refractivity contribution in [2.24, 2.45) is 0 Å². The predicted octanol–water partition coefficient (Wildman–Crippen LogP) is 6.44. The van der Waals surface area contributed by atoms with Crippen molar-refractivity contribution >= 4 is 11.0 Å². The molecule has 0 amide bonds. The third kappa shape index (κ3) is 3.27. The quantitative estimate of drug-likeness (QED) is 0.301. The van der Waals surface area contributed by atoms with E-state index in [-0.39, 0.29) is 0 Å². The van der Waals surface area contributed by atoms with Crippen molar-refractivity contribution in [2.75, 3.05) is 0 Å². The summed E-state index contributed by atoms with van der Waals surface area (Å²) in [4.78, 5) is 19.0. The molecule has 0 unspecified atom stereocenters. The summed E-state index contributed by atoms with van der Waals surface area (Å²) in [5, 5.41) is 0. The van der Waals surface area contributed by atoms with Gasteiger partial charge >= 0.3 is 0 Å². The van der Waals surface area contributed by atoms with E-state index in [4.69, 9.17) is 9.97 Å². The lowest BCUT2D eigenvalue weighted by molar-refractivity contribution is 1.13. The predicted molar refractivity (Wildman–Crippen MR) is 141 cm³/mol. The van der Waals surface area contributed by atoms with E-state index in [9.17, 15) is 0 Å². The Morgan fingerprint density at radius 2 is 0.889 bits per heavy atom. The average molecular weight is 465 g/mol. The van der Waals surface area contributed by atoms with E-state index in [1.54, 1.807) is 12.4 Å². The maximum atomic E-state index is 5.00. The second-order valence-corrected chi connectivity index (χ2v) is 8.49. The molecule has 170 valence electrons. The normalized spacial score (nSPS) is 11.3. The molecule has 1 aromatic carbocycles. The Morgan fingerprint density at radius 3 is 1.31 bits per heavy atom. The van der Waals surface area contributed by atoms with Crippen LogP contribution in [0.15, 0.2) is 122 Å². The van der Waals surface area contributed by atoms with E-state index in [0.29, 0.717) is 0 Å². The lowest BCUT2D eigenvalue weighted by Gasteiger charge is -2.02. The van der Waals surface area contributed by atoms with Gasteiger partial charge < -0.3 is 0 Å². The van der Waals surface area contributed by atoms with Crippen LogP contribution in [-0.2, 0) is 0 Å². The number of rotatable bonds is 4. The van der Waals surface area contributed by atoms with Gasteiger partial charge in [0.25, 0.3) is 0 Å². The van der Waals surface area contributed by atoms with Gasteiger partial charge in [-0.1, -0.05) is 48.5 Å². The van der Waals surface area contributed by atoms with Gasteiger partial charge in [0.15, 0.2) is 11.6 Å². The molecule has 0 aliphatic carbocycles. The summed E-state index contributed by atoms with van der Waals surface area (Å²) in [5.41, 5.74) is 7.68. The second-order valence-electron chi connectivity index (χ2n) is 8.49. The molecule has 7 aromatic rings. The Labute approximate surface area is 207 Å². The van der Waals surface area contributed by atoms with Crippen LogP contribution in [0.2, 0.25) is 0 Å². The fourth-order valence-corrected chi connectivity index (χ4v) is 4.64. The molecule has 36 heavy (non-hydrogen) atoms. The van der Waals surface area contributed by atoms with E-state index in [2.05, 4.69) is 55.2 Å². The first-order chi connectivity index (χ1) is 17.9. The van der Waals surface area contributed by atoms with Crippen molar-refractivity contribution in [1.82, 2.24) is 28.7 Å². The molecule has 0 aliphatic rings. The van der Waals surface area contributed by atoms with Gasteiger partial charge in [0.1, 0.15) is 11.4 Å². The summed E-state index contributed by atoms with van der Waals surface area (Å²) in [6, 6.07) is 32.5. The number of benzene rings is 1. The lowest BCUT2D eigenvalue weighted by Crippen LogP contribution is -1.90. The average Bonchev–Trinajstić information content (AvgIpc) is 3.54. The number of fused-ring (bicyclic) bond motifs is 2. The minimum absolute atomic E-state index is 0.824. The summed E-state index contributed by atoms with van der Waals surface area (Å²) < 4.78 is 4.18. The van der Waals surface area contributed by atoms with E-state index < -0.39 is 0 Å². The van der Waals surface area contributed by atoms with Crippen LogP contribution in [0, 0.1) is 0 Å². The van der Waals surface area contributed by atoms with Crippen LogP contribution in [0.3, 0.4) is 0 Å². The van der Waals surface area contributed by atoms with E-state index >= 15 is 0 Å². The maximum absolute atomic E-state index is 5.00. The molecule has 6 heteroatoms. The zero-order valence-corrected chi connectivity index (χ0v) is 19.2. The smallest absolute Gasteiger partial charge is 0.163 e. The van der Waals surface area contributed by atoms with Crippen LogP contribution in [0.25, 0.3) is 56.6 Å². The molecule has 0 fully saturated rings. The first kappa shape index (κ1) is 20.3. The van der Waals surface area contributed by atoms with Crippen molar-refractivity contribution < 1.29 is 0 Å². The van der Waals surface area contributed by atoms with Gasteiger partial charge in [0.2, 0.25) is 0 Å². The minimum Gasteiger partial charge on any atom is -0.298 e. The molecule has 6 heterocycles. The first-order valence-electron chi connectivity index (χ1n) is 11.7. The Hall–Kier alpha value is -5.10. The Bertz CT molecular complexity index is 1680. The van der Waals surface area contributed by atoms with E-state index in [1.807, 2.05) is 73.1 Å². The van der Waals surface area contributed by atoms with E-state index in [1.165, 1.54) is 0 Å². The molecule has 0 N–H and O–H groups in total. The standard InChI is InChI=1S/C30H20N6/c1-5-17-31-23(9-1)29-33-27(25-11-3-7-19-35(25)29)21-13-15-22(16-14-21)28-26-12-4-8-20-36(26)30(34-28)24-10-2-6-18-32-24/h1-20H. The Kier molecular flexibility index (Phi) is 4.67. The van der Waals surface area contributed by atoms with Crippen LogP contribution >= 0.6 is 0 Å². The summed E-state index contributed by atoms with van der Waals surface area (Å²) in [5.74, 6) is 1.65. The highest BCUT2D eigenvalue weighted by atomic mass is 15.0. The number of imidazole rings is 2. The van der Waals surface area contributed by atoms with Crippen molar-refractivity contribution in [1.29, 1.82) is 0 Å². The summed E-state index contributed by atoms with van der Waals surface area (Å²) in [6.45, 7) is 0.